The van der Waals surface area contributed by atoms with Crippen LogP contribution in [-0.2, 0) is 12.1 Å². The van der Waals surface area contributed by atoms with Gasteiger partial charge in [-0.3, -0.25) is 0 Å². The van der Waals surface area contributed by atoms with Crippen LogP contribution in [-0.4, -0.2) is 21.0 Å². The molecule has 4 heteroatoms. The van der Waals surface area contributed by atoms with Crippen LogP contribution < -0.4 is 5.32 Å². The highest BCUT2D eigenvalue weighted by atomic mass is 15.4. The SMILES string of the molecule is CC1CCCCC1NCc1cn(C(C)(C)C)nn1. The molecule has 0 aliphatic heterocycles. The molecule has 1 aliphatic rings. The summed E-state index contributed by atoms with van der Waals surface area (Å²) in [6.07, 6.45) is 7.46. The third kappa shape index (κ3) is 3.31. The second-order valence-electron chi connectivity index (χ2n) is 6.57. The summed E-state index contributed by atoms with van der Waals surface area (Å²) < 4.78 is 1.94. The maximum Gasteiger partial charge on any atom is 0.0965 e. The Balaban J connectivity index is 1.88. The van der Waals surface area contributed by atoms with Crippen LogP contribution in [0.2, 0.25) is 0 Å². The van der Waals surface area contributed by atoms with Crippen LogP contribution in [0.4, 0.5) is 0 Å². The quantitative estimate of drug-likeness (QED) is 0.897. The third-order valence-electron chi connectivity index (χ3n) is 3.88. The zero-order chi connectivity index (χ0) is 13.2. The van der Waals surface area contributed by atoms with Gasteiger partial charge in [0.1, 0.15) is 0 Å². The van der Waals surface area contributed by atoms with Crippen LogP contribution in [0.3, 0.4) is 0 Å². The molecule has 1 fully saturated rings. The molecule has 2 atom stereocenters. The lowest BCUT2D eigenvalue weighted by Gasteiger charge is -2.29. The summed E-state index contributed by atoms with van der Waals surface area (Å²) in [7, 11) is 0. The van der Waals surface area contributed by atoms with E-state index in [-0.39, 0.29) is 5.54 Å². The predicted molar refractivity (Wildman–Crippen MR) is 73.3 cm³/mol. The lowest BCUT2D eigenvalue weighted by Crippen LogP contribution is -2.36. The first kappa shape index (κ1) is 13.5. The fraction of sp³-hybridized carbons (Fsp3) is 0.857. The number of hydrogen-bond donors (Lipinski definition) is 1. The van der Waals surface area contributed by atoms with E-state index in [2.05, 4.69) is 49.5 Å². The molecule has 2 unspecified atom stereocenters. The molecule has 1 saturated carbocycles. The Morgan fingerprint density at radius 2 is 2.06 bits per heavy atom. The Morgan fingerprint density at radius 1 is 1.33 bits per heavy atom. The molecule has 1 aromatic rings. The molecule has 4 nitrogen and oxygen atoms in total. The minimum atomic E-state index is 0.0172. The van der Waals surface area contributed by atoms with Crippen molar-refractivity contribution >= 4 is 0 Å². The summed E-state index contributed by atoms with van der Waals surface area (Å²) in [5.41, 5.74) is 1.06. The molecule has 0 saturated heterocycles. The summed E-state index contributed by atoms with van der Waals surface area (Å²) in [4.78, 5) is 0. The number of nitrogens with one attached hydrogen (secondary N) is 1. The molecule has 0 amide bonds. The average Bonchev–Trinajstić information content (AvgIpc) is 2.76. The average molecular weight is 250 g/mol. The van der Waals surface area contributed by atoms with Crippen molar-refractivity contribution in [1.29, 1.82) is 0 Å². The lowest BCUT2D eigenvalue weighted by molar-refractivity contribution is 0.278. The van der Waals surface area contributed by atoms with Gasteiger partial charge in [-0.1, -0.05) is 25.0 Å². The van der Waals surface area contributed by atoms with E-state index in [0.717, 1.165) is 18.2 Å². The van der Waals surface area contributed by atoms with Crippen LogP contribution in [0.1, 0.15) is 59.1 Å². The highest BCUT2D eigenvalue weighted by Crippen LogP contribution is 2.23. The van der Waals surface area contributed by atoms with Crippen molar-refractivity contribution in [3.63, 3.8) is 0 Å². The maximum absolute atomic E-state index is 4.24. The van der Waals surface area contributed by atoms with Crippen molar-refractivity contribution in [2.24, 2.45) is 5.92 Å². The topological polar surface area (TPSA) is 42.7 Å². The van der Waals surface area contributed by atoms with Crippen molar-refractivity contribution in [3.8, 4) is 0 Å². The number of nitrogens with zero attached hydrogens (tertiary/aromatic N) is 3. The molecule has 0 spiro atoms. The normalized spacial score (nSPS) is 25.3. The monoisotopic (exact) mass is 250 g/mol. The van der Waals surface area contributed by atoms with Crippen LogP contribution in [0.5, 0.6) is 0 Å². The van der Waals surface area contributed by atoms with Crippen LogP contribution in [0.25, 0.3) is 0 Å². The van der Waals surface area contributed by atoms with Gasteiger partial charge in [-0.05, 0) is 39.5 Å². The van der Waals surface area contributed by atoms with Gasteiger partial charge in [-0.15, -0.1) is 5.10 Å². The van der Waals surface area contributed by atoms with Gasteiger partial charge in [0, 0.05) is 12.6 Å². The fourth-order valence-corrected chi connectivity index (χ4v) is 2.56. The Hall–Kier alpha value is -0.900. The van der Waals surface area contributed by atoms with Gasteiger partial charge in [0.05, 0.1) is 17.4 Å². The van der Waals surface area contributed by atoms with E-state index in [1.165, 1.54) is 25.7 Å². The van der Waals surface area contributed by atoms with E-state index in [1.807, 2.05) is 4.68 Å². The molecule has 102 valence electrons. The molecule has 0 aromatic carbocycles. The van der Waals surface area contributed by atoms with Gasteiger partial charge in [-0.25, -0.2) is 4.68 Å². The molecule has 2 rings (SSSR count). The largest absolute Gasteiger partial charge is 0.308 e. The van der Waals surface area contributed by atoms with Crippen molar-refractivity contribution in [1.82, 2.24) is 20.3 Å². The molecule has 0 radical (unpaired) electrons. The predicted octanol–water partition coefficient (Wildman–Crippen LogP) is 2.70. The first-order valence-corrected chi connectivity index (χ1v) is 7.12. The third-order valence-corrected chi connectivity index (χ3v) is 3.88. The summed E-state index contributed by atoms with van der Waals surface area (Å²) in [5.74, 6) is 0.788. The zero-order valence-electron chi connectivity index (χ0n) is 12.1. The number of hydrogen-bond acceptors (Lipinski definition) is 3. The first-order valence-electron chi connectivity index (χ1n) is 7.12. The summed E-state index contributed by atoms with van der Waals surface area (Å²) >= 11 is 0. The molecular formula is C14H26N4. The van der Waals surface area contributed by atoms with Crippen molar-refractivity contribution in [3.05, 3.63) is 11.9 Å². The summed E-state index contributed by atoms with van der Waals surface area (Å²) in [6.45, 7) is 9.61. The Labute approximate surface area is 110 Å². The highest BCUT2D eigenvalue weighted by Gasteiger charge is 2.21. The minimum absolute atomic E-state index is 0.0172. The van der Waals surface area contributed by atoms with Gasteiger partial charge in [0.15, 0.2) is 0 Å². The highest BCUT2D eigenvalue weighted by molar-refractivity contribution is 4.95. The van der Waals surface area contributed by atoms with Crippen LogP contribution >= 0.6 is 0 Å². The van der Waals surface area contributed by atoms with E-state index < -0.39 is 0 Å². The Morgan fingerprint density at radius 3 is 2.67 bits per heavy atom. The molecule has 1 N–H and O–H groups in total. The molecule has 18 heavy (non-hydrogen) atoms. The zero-order valence-corrected chi connectivity index (χ0v) is 12.1. The lowest BCUT2D eigenvalue weighted by atomic mass is 9.86. The molecular weight excluding hydrogens is 224 g/mol. The van der Waals surface area contributed by atoms with Gasteiger partial charge in [-0.2, -0.15) is 0 Å². The van der Waals surface area contributed by atoms with Gasteiger partial charge in [0.25, 0.3) is 0 Å². The van der Waals surface area contributed by atoms with Gasteiger partial charge in [0.2, 0.25) is 0 Å². The van der Waals surface area contributed by atoms with Crippen LogP contribution in [0, 0.1) is 5.92 Å². The minimum Gasteiger partial charge on any atom is -0.308 e. The van der Waals surface area contributed by atoms with E-state index in [0.29, 0.717) is 6.04 Å². The maximum atomic E-state index is 4.24. The number of rotatable bonds is 3. The second kappa shape index (κ2) is 5.39. The standard InChI is InChI=1S/C14H26N4/c1-11-7-5-6-8-13(11)15-9-12-10-18(17-16-12)14(2,3)4/h10-11,13,15H,5-9H2,1-4H3. The summed E-state index contributed by atoms with van der Waals surface area (Å²) in [5, 5.41) is 12.1. The van der Waals surface area contributed by atoms with Crippen molar-refractivity contribution in [2.75, 3.05) is 0 Å². The van der Waals surface area contributed by atoms with Crippen LogP contribution in [0.15, 0.2) is 6.20 Å². The van der Waals surface area contributed by atoms with E-state index >= 15 is 0 Å². The fourth-order valence-electron chi connectivity index (χ4n) is 2.56. The van der Waals surface area contributed by atoms with E-state index in [1.54, 1.807) is 0 Å². The van der Waals surface area contributed by atoms with Crippen molar-refractivity contribution < 1.29 is 0 Å². The van der Waals surface area contributed by atoms with E-state index in [4.69, 9.17) is 0 Å². The smallest absolute Gasteiger partial charge is 0.0965 e. The van der Waals surface area contributed by atoms with Gasteiger partial charge >= 0.3 is 0 Å². The molecule has 1 heterocycles. The van der Waals surface area contributed by atoms with Gasteiger partial charge < -0.3 is 5.32 Å². The van der Waals surface area contributed by atoms with Crippen molar-refractivity contribution in [2.45, 2.75) is 71.5 Å². The number of aromatic nitrogens is 3. The molecule has 1 aromatic heterocycles. The Bertz CT molecular complexity index is 377. The molecule has 0 bridgehead atoms. The molecule has 1 aliphatic carbocycles. The van der Waals surface area contributed by atoms with E-state index in [9.17, 15) is 0 Å². The summed E-state index contributed by atoms with van der Waals surface area (Å²) in [6, 6.07) is 0.651. The first-order chi connectivity index (χ1) is 8.47. The second-order valence-corrected chi connectivity index (χ2v) is 6.57. The Kier molecular flexibility index (Phi) is 4.05.